The minimum absolute atomic E-state index is 0.0398. The molecule has 1 aromatic carbocycles. The number of ketones is 1. The van der Waals surface area contributed by atoms with Crippen molar-refractivity contribution in [2.75, 3.05) is 6.54 Å². The number of benzene rings is 1. The van der Waals surface area contributed by atoms with E-state index in [1.165, 1.54) is 47.6 Å². The minimum atomic E-state index is -0.815. The molecule has 1 N–H and O–H groups in total. The Morgan fingerprint density at radius 2 is 2.03 bits per heavy atom. The maximum Gasteiger partial charge on any atom is 0.290 e. The zero-order valence-electron chi connectivity index (χ0n) is 16.5. The van der Waals surface area contributed by atoms with Gasteiger partial charge >= 0.3 is 0 Å². The van der Waals surface area contributed by atoms with Crippen LogP contribution in [-0.2, 0) is 16.1 Å². The zero-order valence-corrected chi connectivity index (χ0v) is 16.5. The number of aliphatic hydroxyl groups is 1. The van der Waals surface area contributed by atoms with Crippen LogP contribution in [0, 0.1) is 5.82 Å². The Morgan fingerprint density at radius 1 is 1.23 bits per heavy atom. The molecular formula is C23H20FN3O4. The number of aryl methyl sites for hydroxylation is 1. The molecule has 1 unspecified atom stereocenters. The normalized spacial score (nSPS) is 16.6. The highest BCUT2D eigenvalue weighted by Gasteiger charge is 2.42. The largest absolute Gasteiger partial charge is 0.503 e. The molecular weight excluding hydrogens is 401 g/mol. The molecule has 1 atom stereocenters. The Hall–Kier alpha value is -3.94. The summed E-state index contributed by atoms with van der Waals surface area (Å²) in [5.74, 6) is -1.71. The lowest BCUT2D eigenvalue weighted by Crippen LogP contribution is -2.32. The number of rotatable bonds is 8. The van der Waals surface area contributed by atoms with Crippen molar-refractivity contribution in [3.63, 3.8) is 0 Å². The number of carbonyl (C=O) groups is 2. The highest BCUT2D eigenvalue weighted by Crippen LogP contribution is 2.38. The number of furan rings is 1. The second-order valence-electron chi connectivity index (χ2n) is 7.08. The van der Waals surface area contributed by atoms with Crippen LogP contribution in [0.3, 0.4) is 0 Å². The summed E-state index contributed by atoms with van der Waals surface area (Å²) >= 11 is 0. The van der Waals surface area contributed by atoms with E-state index in [2.05, 4.69) is 4.98 Å². The quantitative estimate of drug-likeness (QED) is 0.561. The van der Waals surface area contributed by atoms with Crippen LogP contribution in [-0.4, -0.2) is 37.8 Å². The van der Waals surface area contributed by atoms with Crippen LogP contribution in [0.25, 0.3) is 6.08 Å². The fraction of sp³-hybridized carbons (Fsp3) is 0.174. The van der Waals surface area contributed by atoms with Crippen molar-refractivity contribution in [2.24, 2.45) is 0 Å². The van der Waals surface area contributed by atoms with Crippen LogP contribution in [0.5, 0.6) is 0 Å². The first kappa shape index (κ1) is 20.3. The summed E-state index contributed by atoms with van der Waals surface area (Å²) in [6.45, 7) is 0.907. The fourth-order valence-corrected chi connectivity index (χ4v) is 3.60. The van der Waals surface area contributed by atoms with Gasteiger partial charge in [0.25, 0.3) is 5.91 Å². The molecule has 3 heterocycles. The Balaban J connectivity index is 1.61. The van der Waals surface area contributed by atoms with Crippen LogP contribution in [0.15, 0.2) is 83.2 Å². The summed E-state index contributed by atoms with van der Waals surface area (Å²) in [6.07, 6.45) is 9.93. The highest BCUT2D eigenvalue weighted by atomic mass is 19.1. The average molecular weight is 421 g/mol. The molecule has 0 bridgehead atoms. The van der Waals surface area contributed by atoms with Gasteiger partial charge in [-0.1, -0.05) is 12.1 Å². The number of hydrogen-bond donors (Lipinski definition) is 1. The summed E-state index contributed by atoms with van der Waals surface area (Å²) in [5.41, 5.74) is 0.498. The molecule has 3 aromatic rings. The van der Waals surface area contributed by atoms with Crippen molar-refractivity contribution in [3.05, 3.63) is 95.9 Å². The molecule has 158 valence electrons. The lowest BCUT2D eigenvalue weighted by Gasteiger charge is -2.26. The van der Waals surface area contributed by atoms with E-state index >= 15 is 0 Å². The number of aliphatic hydroxyl groups excluding tert-OH is 1. The number of allylic oxidation sites excluding steroid dienone is 1. The summed E-state index contributed by atoms with van der Waals surface area (Å²) in [7, 11) is 0. The molecule has 4 rings (SSSR count). The first-order chi connectivity index (χ1) is 15.0. The molecule has 1 aliphatic rings. The summed E-state index contributed by atoms with van der Waals surface area (Å²) in [6, 6.07) is 8.10. The van der Waals surface area contributed by atoms with Crippen molar-refractivity contribution in [2.45, 2.75) is 19.0 Å². The van der Waals surface area contributed by atoms with Gasteiger partial charge in [-0.15, -0.1) is 0 Å². The van der Waals surface area contributed by atoms with E-state index in [9.17, 15) is 19.1 Å². The van der Waals surface area contributed by atoms with E-state index in [1.54, 1.807) is 24.7 Å². The smallest absolute Gasteiger partial charge is 0.290 e. The maximum atomic E-state index is 13.5. The van der Waals surface area contributed by atoms with Gasteiger partial charge in [-0.05, 0) is 48.4 Å². The van der Waals surface area contributed by atoms with Gasteiger partial charge in [0.1, 0.15) is 11.6 Å². The van der Waals surface area contributed by atoms with E-state index in [0.717, 1.165) is 0 Å². The summed E-state index contributed by atoms with van der Waals surface area (Å²) in [5, 5.41) is 10.5. The van der Waals surface area contributed by atoms with E-state index in [-0.39, 0.29) is 5.57 Å². The monoisotopic (exact) mass is 421 g/mol. The van der Waals surface area contributed by atoms with Crippen LogP contribution in [0.1, 0.15) is 23.8 Å². The molecule has 7 nitrogen and oxygen atoms in total. The molecule has 0 spiro atoms. The molecule has 0 saturated carbocycles. The number of hydrogen-bond acceptors (Lipinski definition) is 5. The number of nitrogens with zero attached hydrogens (tertiary/aromatic N) is 3. The van der Waals surface area contributed by atoms with Crippen molar-refractivity contribution in [3.8, 4) is 0 Å². The third kappa shape index (κ3) is 4.32. The van der Waals surface area contributed by atoms with Crippen molar-refractivity contribution >= 4 is 17.8 Å². The van der Waals surface area contributed by atoms with Gasteiger partial charge < -0.3 is 19.0 Å². The van der Waals surface area contributed by atoms with Gasteiger partial charge in [-0.25, -0.2) is 9.37 Å². The molecule has 1 aliphatic heterocycles. The standard InChI is InChI=1S/C23H20FN3O4/c24-17-6-4-16(5-7-17)21-20(19(28)9-8-18-3-1-14-31-18)22(29)23(30)27(21)12-2-11-26-13-10-25-15-26/h1,3-10,13-15,21,29H,2,11-12H2/b9-8+. The molecule has 8 heteroatoms. The first-order valence-corrected chi connectivity index (χ1v) is 9.76. The molecule has 0 radical (unpaired) electrons. The minimum Gasteiger partial charge on any atom is -0.503 e. The number of amides is 1. The van der Waals surface area contributed by atoms with Gasteiger partial charge in [0, 0.05) is 25.5 Å². The highest BCUT2D eigenvalue weighted by molar-refractivity contribution is 6.14. The third-order valence-electron chi connectivity index (χ3n) is 5.07. The van der Waals surface area contributed by atoms with E-state index in [1.807, 2.05) is 10.8 Å². The van der Waals surface area contributed by atoms with Gasteiger partial charge in [0.2, 0.25) is 0 Å². The van der Waals surface area contributed by atoms with Crippen molar-refractivity contribution in [1.29, 1.82) is 0 Å². The Morgan fingerprint density at radius 3 is 2.71 bits per heavy atom. The van der Waals surface area contributed by atoms with Gasteiger partial charge in [0.15, 0.2) is 11.5 Å². The SMILES string of the molecule is O=C(/C=C/c1ccco1)C1=C(O)C(=O)N(CCCn2ccnc2)C1c1ccc(F)cc1. The predicted octanol–water partition coefficient (Wildman–Crippen LogP) is 3.68. The van der Waals surface area contributed by atoms with Crippen LogP contribution in [0.2, 0.25) is 0 Å². The summed E-state index contributed by atoms with van der Waals surface area (Å²) < 4.78 is 20.5. The van der Waals surface area contributed by atoms with E-state index in [0.29, 0.717) is 30.8 Å². The van der Waals surface area contributed by atoms with Crippen LogP contribution in [0.4, 0.5) is 4.39 Å². The summed E-state index contributed by atoms with van der Waals surface area (Å²) in [4.78, 5) is 31.2. The lowest BCUT2D eigenvalue weighted by molar-refractivity contribution is -0.129. The molecule has 2 aromatic heterocycles. The lowest BCUT2D eigenvalue weighted by atomic mass is 9.95. The van der Waals surface area contributed by atoms with Crippen molar-refractivity contribution < 1.29 is 23.5 Å². The average Bonchev–Trinajstić information content (AvgIpc) is 3.51. The van der Waals surface area contributed by atoms with Gasteiger partial charge in [0.05, 0.1) is 24.2 Å². The van der Waals surface area contributed by atoms with Gasteiger partial charge in [-0.2, -0.15) is 0 Å². The molecule has 0 fully saturated rings. The Bertz CT molecular complexity index is 1120. The zero-order chi connectivity index (χ0) is 21.8. The topological polar surface area (TPSA) is 88.6 Å². The molecule has 0 saturated heterocycles. The first-order valence-electron chi connectivity index (χ1n) is 9.76. The number of carbonyl (C=O) groups excluding carboxylic acids is 2. The number of aromatic nitrogens is 2. The number of halogens is 1. The Kier molecular flexibility index (Phi) is 5.79. The molecule has 31 heavy (non-hydrogen) atoms. The van der Waals surface area contributed by atoms with Gasteiger partial charge in [-0.3, -0.25) is 9.59 Å². The second-order valence-corrected chi connectivity index (χ2v) is 7.08. The van der Waals surface area contributed by atoms with Crippen LogP contribution < -0.4 is 0 Å². The van der Waals surface area contributed by atoms with E-state index < -0.39 is 29.3 Å². The molecule has 1 amide bonds. The fourth-order valence-electron chi connectivity index (χ4n) is 3.60. The number of imidazole rings is 1. The molecule has 0 aliphatic carbocycles. The van der Waals surface area contributed by atoms with E-state index in [4.69, 9.17) is 4.42 Å². The second kappa shape index (κ2) is 8.83. The third-order valence-corrected chi connectivity index (χ3v) is 5.07. The van der Waals surface area contributed by atoms with Crippen LogP contribution >= 0.6 is 0 Å². The van der Waals surface area contributed by atoms with Crippen molar-refractivity contribution in [1.82, 2.24) is 14.5 Å². The Labute approximate surface area is 177 Å². The predicted molar refractivity (Wildman–Crippen MR) is 110 cm³/mol. The maximum absolute atomic E-state index is 13.5.